The van der Waals surface area contributed by atoms with E-state index in [9.17, 15) is 22.8 Å². The Hall–Kier alpha value is -4.38. The largest absolute Gasteiger partial charge is 0.479 e. The summed E-state index contributed by atoms with van der Waals surface area (Å²) in [6.07, 6.45) is -4.57. The van der Waals surface area contributed by atoms with Crippen LogP contribution in [0.15, 0.2) is 30.3 Å². The summed E-state index contributed by atoms with van der Waals surface area (Å²) in [7, 11) is 0. The fourth-order valence-electron chi connectivity index (χ4n) is 4.18. The number of alkyl halides is 3. The number of aryl methyl sites for hydroxylation is 1. The summed E-state index contributed by atoms with van der Waals surface area (Å²) >= 11 is 5.50. The zero-order chi connectivity index (χ0) is 28.9. The molecule has 4 rings (SSSR count). The Morgan fingerprint density at radius 3 is 2.49 bits per heavy atom. The second-order valence-corrected chi connectivity index (χ2v) is 9.33. The number of thiocarbonyl (C=S) groups is 1. The second kappa shape index (κ2) is 9.73. The van der Waals surface area contributed by atoms with E-state index < -0.39 is 47.1 Å². The molecule has 0 unspecified atom stereocenters. The number of aromatic nitrogens is 2. The standard InChI is InChI=1S/C25H19F4N5O4S/c1-4-18-31-20-15(21(32-18)38-11-19(35)36)7-14(9-17(20)26)34-23(39)33(22(37)24(34,2)3)13-6-5-12(10-30)16(8-13)25(27,28)29/h5-9H,4,11H2,1-3H3,(H,35,36). The molecule has 1 aromatic heterocycles. The summed E-state index contributed by atoms with van der Waals surface area (Å²) in [5.41, 5.74) is -3.71. The van der Waals surface area contributed by atoms with Gasteiger partial charge in [-0.2, -0.15) is 23.4 Å². The molecule has 0 saturated carbocycles. The van der Waals surface area contributed by atoms with Crippen LogP contribution in [-0.4, -0.2) is 44.2 Å². The number of carboxylic acids is 1. The van der Waals surface area contributed by atoms with Gasteiger partial charge in [-0.3, -0.25) is 9.69 Å². The van der Waals surface area contributed by atoms with Crippen molar-refractivity contribution in [3.8, 4) is 11.9 Å². The molecule has 1 amide bonds. The van der Waals surface area contributed by atoms with Gasteiger partial charge in [0.15, 0.2) is 17.5 Å². The molecular weight excluding hydrogens is 542 g/mol. The van der Waals surface area contributed by atoms with Crippen LogP contribution in [0.3, 0.4) is 0 Å². The molecule has 2 heterocycles. The van der Waals surface area contributed by atoms with Crippen molar-refractivity contribution in [2.45, 2.75) is 38.9 Å². The van der Waals surface area contributed by atoms with Gasteiger partial charge in [-0.25, -0.2) is 14.2 Å². The summed E-state index contributed by atoms with van der Waals surface area (Å²) in [5.74, 6) is -2.84. The lowest BCUT2D eigenvalue weighted by Gasteiger charge is -2.29. The average molecular weight is 562 g/mol. The number of anilines is 2. The van der Waals surface area contributed by atoms with Crippen LogP contribution in [0.1, 0.15) is 37.7 Å². The monoisotopic (exact) mass is 561 g/mol. The first-order valence-corrected chi connectivity index (χ1v) is 11.8. The van der Waals surface area contributed by atoms with Gasteiger partial charge in [-0.05, 0) is 56.4 Å². The number of halogens is 4. The van der Waals surface area contributed by atoms with Gasteiger partial charge in [0.1, 0.15) is 16.9 Å². The first kappa shape index (κ1) is 27.6. The molecule has 3 aromatic rings. The van der Waals surface area contributed by atoms with E-state index in [1.54, 1.807) is 6.92 Å². The minimum atomic E-state index is -4.87. The molecule has 1 aliphatic heterocycles. The van der Waals surface area contributed by atoms with Crippen LogP contribution in [0.4, 0.5) is 28.9 Å². The fraction of sp³-hybridized carbons (Fsp3) is 0.280. The number of aliphatic carboxylic acids is 1. The minimum absolute atomic E-state index is 0.00526. The number of carbonyl (C=O) groups is 2. The van der Waals surface area contributed by atoms with Crippen molar-refractivity contribution in [3.63, 3.8) is 0 Å². The SMILES string of the molecule is CCc1nc(OCC(=O)O)c2cc(N3C(=S)N(c4ccc(C#N)c(C(F)(F)F)c4)C(=O)C3(C)C)cc(F)c2n1. The Morgan fingerprint density at radius 2 is 1.90 bits per heavy atom. The van der Waals surface area contributed by atoms with Gasteiger partial charge < -0.3 is 14.7 Å². The number of carboxylic acid groups (broad SMARTS) is 1. The molecule has 1 aliphatic rings. The summed E-state index contributed by atoms with van der Waals surface area (Å²) < 4.78 is 61.4. The summed E-state index contributed by atoms with van der Waals surface area (Å²) in [6, 6.07) is 6.65. The molecule has 0 spiro atoms. The molecule has 1 N–H and O–H groups in total. The van der Waals surface area contributed by atoms with Crippen molar-refractivity contribution in [2.24, 2.45) is 0 Å². The predicted octanol–water partition coefficient (Wildman–Crippen LogP) is 4.60. The van der Waals surface area contributed by atoms with Crippen LogP contribution in [0, 0.1) is 17.1 Å². The number of ether oxygens (including phenoxy) is 1. The van der Waals surface area contributed by atoms with Gasteiger partial charge in [0.05, 0.1) is 28.3 Å². The lowest BCUT2D eigenvalue weighted by molar-refractivity contribution is -0.139. The Morgan fingerprint density at radius 1 is 1.21 bits per heavy atom. The highest BCUT2D eigenvalue weighted by atomic mass is 32.1. The molecule has 14 heteroatoms. The van der Waals surface area contributed by atoms with Gasteiger partial charge in [0, 0.05) is 12.1 Å². The first-order chi connectivity index (χ1) is 18.2. The van der Waals surface area contributed by atoms with Crippen LogP contribution < -0.4 is 14.5 Å². The van der Waals surface area contributed by atoms with Crippen LogP contribution in [0.25, 0.3) is 10.9 Å². The van der Waals surface area contributed by atoms with E-state index in [1.165, 1.54) is 30.9 Å². The maximum Gasteiger partial charge on any atom is 0.417 e. The van der Waals surface area contributed by atoms with Crippen LogP contribution in [-0.2, 0) is 22.2 Å². The third-order valence-corrected chi connectivity index (χ3v) is 6.38. The molecule has 1 saturated heterocycles. The molecule has 1 fully saturated rings. The molecule has 39 heavy (non-hydrogen) atoms. The Bertz CT molecular complexity index is 1590. The molecule has 0 bridgehead atoms. The molecule has 0 atom stereocenters. The quantitative estimate of drug-likeness (QED) is 0.340. The predicted molar refractivity (Wildman–Crippen MR) is 135 cm³/mol. The number of nitrogens with zero attached hydrogens (tertiary/aromatic N) is 5. The summed E-state index contributed by atoms with van der Waals surface area (Å²) in [4.78, 5) is 35.0. The first-order valence-electron chi connectivity index (χ1n) is 11.4. The van der Waals surface area contributed by atoms with Gasteiger partial charge >= 0.3 is 12.1 Å². The van der Waals surface area contributed by atoms with Crippen LogP contribution in [0.2, 0.25) is 0 Å². The number of nitriles is 1. The molecule has 0 radical (unpaired) electrons. The summed E-state index contributed by atoms with van der Waals surface area (Å²) in [5, 5.41) is 17.9. The topological polar surface area (TPSA) is 120 Å². The van der Waals surface area contributed by atoms with E-state index in [2.05, 4.69) is 9.97 Å². The Labute approximate surface area is 224 Å². The molecule has 202 valence electrons. The number of carbonyl (C=O) groups excluding carboxylic acids is 1. The molecule has 2 aromatic carbocycles. The van der Waals surface area contributed by atoms with Gasteiger partial charge in [0.2, 0.25) is 5.88 Å². The van der Waals surface area contributed by atoms with E-state index in [0.29, 0.717) is 12.5 Å². The molecule has 9 nitrogen and oxygen atoms in total. The average Bonchev–Trinajstić information content (AvgIpc) is 3.04. The number of rotatable bonds is 6. The van der Waals surface area contributed by atoms with Crippen molar-refractivity contribution in [2.75, 3.05) is 16.4 Å². The third kappa shape index (κ3) is 4.81. The van der Waals surface area contributed by atoms with Crippen molar-refractivity contribution < 1.29 is 37.0 Å². The van der Waals surface area contributed by atoms with E-state index in [1.807, 2.05) is 0 Å². The van der Waals surface area contributed by atoms with Gasteiger partial charge in [-0.15, -0.1) is 0 Å². The van der Waals surface area contributed by atoms with Crippen molar-refractivity contribution in [3.05, 3.63) is 53.1 Å². The van der Waals surface area contributed by atoms with Crippen molar-refractivity contribution in [1.29, 1.82) is 5.26 Å². The van der Waals surface area contributed by atoms with Gasteiger partial charge in [0.25, 0.3) is 5.91 Å². The van der Waals surface area contributed by atoms with Crippen LogP contribution >= 0.6 is 12.2 Å². The van der Waals surface area contributed by atoms with E-state index >= 15 is 4.39 Å². The number of hydrogen-bond acceptors (Lipinski definition) is 7. The lowest BCUT2D eigenvalue weighted by atomic mass is 10.0. The molecular formula is C25H19F4N5O4S. The Balaban J connectivity index is 1.86. The zero-order valence-corrected chi connectivity index (χ0v) is 21.4. The molecule has 0 aliphatic carbocycles. The van der Waals surface area contributed by atoms with Crippen molar-refractivity contribution in [1.82, 2.24) is 9.97 Å². The highest BCUT2D eigenvalue weighted by Crippen LogP contribution is 2.41. The minimum Gasteiger partial charge on any atom is -0.479 e. The summed E-state index contributed by atoms with van der Waals surface area (Å²) in [6.45, 7) is 3.86. The number of benzene rings is 2. The van der Waals surface area contributed by atoms with E-state index in [-0.39, 0.29) is 39.1 Å². The smallest absolute Gasteiger partial charge is 0.417 e. The second-order valence-electron chi connectivity index (χ2n) is 8.96. The third-order valence-electron chi connectivity index (χ3n) is 6.01. The van der Waals surface area contributed by atoms with Crippen LogP contribution in [0.5, 0.6) is 5.88 Å². The van der Waals surface area contributed by atoms with Crippen molar-refractivity contribution >= 4 is 51.5 Å². The van der Waals surface area contributed by atoms with E-state index in [4.69, 9.17) is 27.3 Å². The maximum atomic E-state index is 15.4. The number of hydrogen-bond donors (Lipinski definition) is 1. The highest BCUT2D eigenvalue weighted by Gasteiger charge is 2.51. The Kier molecular flexibility index (Phi) is 6.90. The number of amides is 1. The highest BCUT2D eigenvalue weighted by molar-refractivity contribution is 7.81. The maximum absolute atomic E-state index is 15.4. The van der Waals surface area contributed by atoms with E-state index in [0.717, 1.165) is 23.1 Å². The van der Waals surface area contributed by atoms with Gasteiger partial charge in [-0.1, -0.05) is 6.92 Å². The normalized spacial score (nSPS) is 15.1. The zero-order valence-electron chi connectivity index (χ0n) is 20.6. The fourth-order valence-corrected chi connectivity index (χ4v) is 4.70. The lowest BCUT2D eigenvalue weighted by Crippen LogP contribution is -2.44. The number of fused-ring (bicyclic) bond motifs is 1.